The first-order valence-corrected chi connectivity index (χ1v) is 7.38. The number of rotatable bonds is 3. The Kier molecular flexibility index (Phi) is 4.33. The molecule has 1 unspecified atom stereocenters. The van der Waals surface area contributed by atoms with Gasteiger partial charge in [-0.25, -0.2) is 0 Å². The number of methoxy groups -OCH3 is 1. The molecule has 0 aliphatic carbocycles. The van der Waals surface area contributed by atoms with Crippen LogP contribution in [0.5, 0.6) is 5.75 Å². The van der Waals surface area contributed by atoms with Crippen molar-refractivity contribution in [1.82, 2.24) is 5.32 Å². The topological polar surface area (TPSA) is 21.3 Å². The van der Waals surface area contributed by atoms with E-state index in [4.69, 9.17) is 4.74 Å². The van der Waals surface area contributed by atoms with Crippen LogP contribution >= 0.6 is 15.9 Å². The Morgan fingerprint density at radius 1 is 1.22 bits per heavy atom. The van der Waals surface area contributed by atoms with Crippen LogP contribution in [-0.4, -0.2) is 20.2 Å². The average molecular weight is 312 g/mol. The molecule has 0 bridgehead atoms. The summed E-state index contributed by atoms with van der Waals surface area (Å²) in [5.74, 6) is 1.83. The van der Waals surface area contributed by atoms with E-state index in [0.717, 1.165) is 31.2 Å². The lowest BCUT2D eigenvalue weighted by atomic mass is 9.91. The predicted molar refractivity (Wildman–Crippen MR) is 79.6 cm³/mol. The molecule has 2 rings (SSSR count). The van der Waals surface area contributed by atoms with Crippen molar-refractivity contribution < 1.29 is 4.74 Å². The van der Waals surface area contributed by atoms with Crippen molar-refractivity contribution in [2.75, 3.05) is 20.2 Å². The number of ether oxygens (including phenoxy) is 1. The van der Waals surface area contributed by atoms with Crippen LogP contribution in [-0.2, 0) is 6.42 Å². The van der Waals surface area contributed by atoms with Gasteiger partial charge >= 0.3 is 0 Å². The molecule has 0 spiro atoms. The Morgan fingerprint density at radius 2 is 1.94 bits per heavy atom. The second kappa shape index (κ2) is 5.62. The second-order valence-corrected chi connectivity index (χ2v) is 6.06. The van der Waals surface area contributed by atoms with Gasteiger partial charge in [-0.2, -0.15) is 0 Å². The molecule has 3 heteroatoms. The van der Waals surface area contributed by atoms with Crippen LogP contribution in [0.15, 0.2) is 4.47 Å². The van der Waals surface area contributed by atoms with Gasteiger partial charge < -0.3 is 10.1 Å². The fourth-order valence-corrected chi connectivity index (χ4v) is 3.38. The van der Waals surface area contributed by atoms with Crippen LogP contribution < -0.4 is 10.1 Å². The summed E-state index contributed by atoms with van der Waals surface area (Å²) >= 11 is 3.72. The molecule has 18 heavy (non-hydrogen) atoms. The van der Waals surface area contributed by atoms with E-state index in [1.54, 1.807) is 7.11 Å². The summed E-state index contributed by atoms with van der Waals surface area (Å²) in [6.07, 6.45) is 2.38. The molecule has 0 saturated carbocycles. The lowest BCUT2D eigenvalue weighted by Crippen LogP contribution is -2.13. The summed E-state index contributed by atoms with van der Waals surface area (Å²) < 4.78 is 6.90. The maximum absolute atomic E-state index is 5.66. The Morgan fingerprint density at radius 3 is 2.50 bits per heavy atom. The van der Waals surface area contributed by atoms with Crippen LogP contribution in [0.1, 0.15) is 28.7 Å². The van der Waals surface area contributed by atoms with Gasteiger partial charge in [0, 0.05) is 4.47 Å². The zero-order valence-corrected chi connectivity index (χ0v) is 13.3. The van der Waals surface area contributed by atoms with Gasteiger partial charge in [-0.3, -0.25) is 0 Å². The van der Waals surface area contributed by atoms with Gasteiger partial charge in [0.1, 0.15) is 5.75 Å². The third-order valence-electron chi connectivity index (χ3n) is 4.15. The minimum Gasteiger partial charge on any atom is -0.496 e. The lowest BCUT2D eigenvalue weighted by Gasteiger charge is -2.20. The third kappa shape index (κ3) is 2.43. The normalized spacial score (nSPS) is 19.3. The molecule has 1 fully saturated rings. The molecule has 1 saturated heterocycles. The van der Waals surface area contributed by atoms with E-state index < -0.39 is 0 Å². The quantitative estimate of drug-likeness (QED) is 0.922. The molecule has 1 aromatic carbocycles. The van der Waals surface area contributed by atoms with Crippen molar-refractivity contribution in [3.8, 4) is 5.75 Å². The smallest absolute Gasteiger partial charge is 0.125 e. The Balaban J connectivity index is 2.43. The molecule has 1 atom stereocenters. The van der Waals surface area contributed by atoms with Crippen LogP contribution in [0.4, 0.5) is 0 Å². The highest BCUT2D eigenvalue weighted by Crippen LogP contribution is 2.37. The zero-order valence-electron chi connectivity index (χ0n) is 11.7. The van der Waals surface area contributed by atoms with Gasteiger partial charge in [-0.1, -0.05) is 15.9 Å². The van der Waals surface area contributed by atoms with Crippen molar-refractivity contribution >= 4 is 15.9 Å². The molecule has 1 aliphatic rings. The third-order valence-corrected chi connectivity index (χ3v) is 5.34. The standard InChI is InChI=1S/C15H22BrNO/c1-9-10(2)15(18-4)13(11(3)14(9)16)7-12-5-6-17-8-12/h12,17H,5-8H2,1-4H3. The summed E-state index contributed by atoms with van der Waals surface area (Å²) in [4.78, 5) is 0. The van der Waals surface area contributed by atoms with Gasteiger partial charge in [-0.05, 0) is 74.9 Å². The number of nitrogens with one attached hydrogen (secondary N) is 1. The summed E-state index contributed by atoms with van der Waals surface area (Å²) in [5, 5.41) is 3.44. The zero-order chi connectivity index (χ0) is 13.3. The number of hydrogen-bond acceptors (Lipinski definition) is 2. The summed E-state index contributed by atoms with van der Waals surface area (Å²) in [7, 11) is 1.78. The van der Waals surface area contributed by atoms with Crippen molar-refractivity contribution in [3.63, 3.8) is 0 Å². The number of hydrogen-bond donors (Lipinski definition) is 1. The van der Waals surface area contributed by atoms with Crippen molar-refractivity contribution in [3.05, 3.63) is 26.7 Å². The van der Waals surface area contributed by atoms with E-state index in [1.165, 1.54) is 33.1 Å². The lowest BCUT2D eigenvalue weighted by molar-refractivity contribution is 0.401. The van der Waals surface area contributed by atoms with E-state index in [1.807, 2.05) is 0 Å². The first kappa shape index (κ1) is 13.9. The number of benzene rings is 1. The second-order valence-electron chi connectivity index (χ2n) is 5.26. The maximum atomic E-state index is 5.66. The largest absolute Gasteiger partial charge is 0.496 e. The highest BCUT2D eigenvalue weighted by atomic mass is 79.9. The first-order chi connectivity index (χ1) is 8.56. The molecule has 1 heterocycles. The predicted octanol–water partition coefficient (Wildman–Crippen LogP) is 3.53. The highest BCUT2D eigenvalue weighted by Gasteiger charge is 2.21. The van der Waals surface area contributed by atoms with E-state index in [9.17, 15) is 0 Å². The molecule has 0 aromatic heterocycles. The van der Waals surface area contributed by atoms with E-state index in [-0.39, 0.29) is 0 Å². The van der Waals surface area contributed by atoms with Gasteiger partial charge in [-0.15, -0.1) is 0 Å². The van der Waals surface area contributed by atoms with Gasteiger partial charge in [0.15, 0.2) is 0 Å². The van der Waals surface area contributed by atoms with Gasteiger partial charge in [0.2, 0.25) is 0 Å². The Bertz CT molecular complexity index is 451. The molecule has 0 radical (unpaired) electrons. The summed E-state index contributed by atoms with van der Waals surface area (Å²) in [5.41, 5.74) is 5.26. The van der Waals surface area contributed by atoms with E-state index in [2.05, 4.69) is 42.0 Å². The number of halogens is 1. The molecular weight excluding hydrogens is 290 g/mol. The molecule has 2 nitrogen and oxygen atoms in total. The Labute approximate surface area is 118 Å². The molecular formula is C15H22BrNO. The van der Waals surface area contributed by atoms with Gasteiger partial charge in [0.05, 0.1) is 7.11 Å². The van der Waals surface area contributed by atoms with E-state index >= 15 is 0 Å². The molecule has 1 aromatic rings. The molecule has 100 valence electrons. The minimum absolute atomic E-state index is 0.742. The Hall–Kier alpha value is -0.540. The first-order valence-electron chi connectivity index (χ1n) is 6.59. The maximum Gasteiger partial charge on any atom is 0.125 e. The fraction of sp³-hybridized carbons (Fsp3) is 0.600. The molecule has 1 N–H and O–H groups in total. The van der Waals surface area contributed by atoms with Crippen molar-refractivity contribution in [1.29, 1.82) is 0 Å². The van der Waals surface area contributed by atoms with Crippen LogP contribution in [0.2, 0.25) is 0 Å². The van der Waals surface area contributed by atoms with Gasteiger partial charge in [0.25, 0.3) is 0 Å². The SMILES string of the molecule is COc1c(C)c(C)c(Br)c(C)c1CC1CCNC1. The van der Waals surface area contributed by atoms with Crippen LogP contribution in [0.25, 0.3) is 0 Å². The van der Waals surface area contributed by atoms with E-state index in [0.29, 0.717) is 0 Å². The molecule has 0 amide bonds. The molecule has 1 aliphatic heterocycles. The highest BCUT2D eigenvalue weighted by molar-refractivity contribution is 9.10. The average Bonchev–Trinajstić information content (AvgIpc) is 2.87. The monoisotopic (exact) mass is 311 g/mol. The van der Waals surface area contributed by atoms with Crippen LogP contribution in [0, 0.1) is 26.7 Å². The minimum atomic E-state index is 0.742. The van der Waals surface area contributed by atoms with Crippen LogP contribution in [0.3, 0.4) is 0 Å². The van der Waals surface area contributed by atoms with Crippen molar-refractivity contribution in [2.24, 2.45) is 5.92 Å². The summed E-state index contributed by atoms with van der Waals surface area (Å²) in [6.45, 7) is 8.77. The fourth-order valence-electron chi connectivity index (χ4n) is 2.84. The van der Waals surface area contributed by atoms with Crippen molar-refractivity contribution in [2.45, 2.75) is 33.6 Å². The summed E-state index contributed by atoms with van der Waals surface area (Å²) in [6, 6.07) is 0.